The molecule has 0 aromatic heterocycles. The summed E-state index contributed by atoms with van der Waals surface area (Å²) in [5.74, 6) is -1.11. The van der Waals surface area contributed by atoms with Crippen molar-refractivity contribution >= 4 is 23.7 Å². The molecule has 0 spiro atoms. The Morgan fingerprint density at radius 2 is 1.58 bits per heavy atom. The molecule has 6 atom stereocenters. The number of carbonyl (C=O) groups is 4. The first-order valence-corrected chi connectivity index (χ1v) is 13.0. The average molecular weight is 533 g/mol. The van der Waals surface area contributed by atoms with Gasteiger partial charge >= 0.3 is 17.9 Å². The first kappa shape index (κ1) is 28.0. The van der Waals surface area contributed by atoms with Crippen LogP contribution in [-0.2, 0) is 48.5 Å². The van der Waals surface area contributed by atoms with E-state index in [2.05, 4.69) is 24.0 Å². The molecular weight excluding hydrogens is 496 g/mol. The van der Waals surface area contributed by atoms with Gasteiger partial charge in [-0.2, -0.15) is 9.78 Å². The molecule has 0 amide bonds. The van der Waals surface area contributed by atoms with Crippen LogP contribution in [0.15, 0.2) is 35.1 Å². The van der Waals surface area contributed by atoms with Gasteiger partial charge in [0.05, 0.1) is 0 Å². The second-order valence-electron chi connectivity index (χ2n) is 11.3. The van der Waals surface area contributed by atoms with Crippen molar-refractivity contribution in [1.29, 1.82) is 0 Å². The number of hydrogen-bond donors (Lipinski definition) is 0. The van der Waals surface area contributed by atoms with Gasteiger partial charge < -0.3 is 0 Å². The highest BCUT2D eigenvalue weighted by molar-refractivity contribution is 5.90. The fourth-order valence-corrected chi connectivity index (χ4v) is 7.48. The number of hydrogen-bond acceptors (Lipinski definition) is 10. The second-order valence-corrected chi connectivity index (χ2v) is 11.3. The second kappa shape index (κ2) is 10.3. The lowest BCUT2D eigenvalue weighted by atomic mass is 9.48. The van der Waals surface area contributed by atoms with E-state index in [-0.39, 0.29) is 17.3 Å². The number of allylic oxidation sites excluding steroid dienone is 5. The normalized spacial score (nSPS) is 35.3. The van der Waals surface area contributed by atoms with Crippen molar-refractivity contribution in [2.45, 2.75) is 79.2 Å². The molecule has 0 aromatic rings. The van der Waals surface area contributed by atoms with E-state index in [1.807, 2.05) is 19.9 Å². The Balaban J connectivity index is 1.63. The summed E-state index contributed by atoms with van der Waals surface area (Å²) in [4.78, 5) is 77.8. The summed E-state index contributed by atoms with van der Waals surface area (Å²) in [5.41, 5.74) is -0.308. The van der Waals surface area contributed by atoms with Crippen LogP contribution in [0.3, 0.4) is 0 Å². The van der Waals surface area contributed by atoms with Crippen molar-refractivity contribution in [2.75, 3.05) is 6.61 Å². The first-order chi connectivity index (χ1) is 17.8. The van der Waals surface area contributed by atoms with Crippen LogP contribution in [0.5, 0.6) is 0 Å². The Labute approximate surface area is 222 Å². The van der Waals surface area contributed by atoms with Gasteiger partial charge in [0.1, 0.15) is 0 Å². The maximum atomic E-state index is 13.5. The van der Waals surface area contributed by atoms with Gasteiger partial charge in [0, 0.05) is 31.6 Å². The Bertz CT molecular complexity index is 1120. The lowest BCUT2D eigenvalue weighted by Gasteiger charge is -2.57. The smallest absolute Gasteiger partial charge is 0.298 e. The number of Topliss-reactive ketones (excluding diaryl/α,β-unsaturated/α-hetero) is 1. The molecule has 38 heavy (non-hydrogen) atoms. The monoisotopic (exact) mass is 532 g/mol. The maximum absolute atomic E-state index is 13.5. The van der Waals surface area contributed by atoms with Gasteiger partial charge in [-0.05, 0) is 74.0 Å². The summed E-state index contributed by atoms with van der Waals surface area (Å²) in [6.45, 7) is 9.37. The quantitative estimate of drug-likeness (QED) is 0.328. The summed E-state index contributed by atoms with van der Waals surface area (Å²) in [7, 11) is 0. The topological polar surface area (TPSA) is 124 Å². The van der Waals surface area contributed by atoms with E-state index in [0.29, 0.717) is 30.9 Å². The zero-order valence-electron chi connectivity index (χ0n) is 22.8. The maximum Gasteiger partial charge on any atom is 0.352 e. The molecule has 0 bridgehead atoms. The van der Waals surface area contributed by atoms with Gasteiger partial charge in [-0.25, -0.2) is 14.4 Å². The third-order valence-corrected chi connectivity index (χ3v) is 9.12. The van der Waals surface area contributed by atoms with Crippen molar-refractivity contribution in [1.82, 2.24) is 0 Å². The molecular formula is C28H36O10. The molecule has 0 radical (unpaired) electrons. The molecule has 10 nitrogen and oxygen atoms in total. The molecule has 2 saturated carbocycles. The highest BCUT2D eigenvalue weighted by Gasteiger charge is 2.68. The van der Waals surface area contributed by atoms with Crippen LogP contribution in [0.25, 0.3) is 0 Å². The van der Waals surface area contributed by atoms with Crippen LogP contribution in [0.4, 0.5) is 0 Å². The zero-order chi connectivity index (χ0) is 27.9. The van der Waals surface area contributed by atoms with Crippen LogP contribution < -0.4 is 0 Å². The summed E-state index contributed by atoms with van der Waals surface area (Å²) in [5, 5.41) is 0. The lowest BCUT2D eigenvalue weighted by Crippen LogP contribution is -2.59. The van der Waals surface area contributed by atoms with E-state index >= 15 is 0 Å². The van der Waals surface area contributed by atoms with Crippen LogP contribution >= 0.6 is 0 Å². The number of fused-ring (bicyclic) bond motifs is 5. The minimum absolute atomic E-state index is 0.112. The summed E-state index contributed by atoms with van der Waals surface area (Å²) < 4.78 is 0. The minimum atomic E-state index is -1.41. The first-order valence-electron chi connectivity index (χ1n) is 13.0. The summed E-state index contributed by atoms with van der Waals surface area (Å²) >= 11 is 0. The lowest BCUT2D eigenvalue weighted by molar-refractivity contribution is -0.348. The molecule has 2 fully saturated rings. The predicted molar refractivity (Wildman–Crippen MR) is 131 cm³/mol. The minimum Gasteiger partial charge on any atom is -0.298 e. The highest BCUT2D eigenvalue weighted by atomic mass is 17.2. The van der Waals surface area contributed by atoms with E-state index in [4.69, 9.17) is 24.4 Å². The van der Waals surface area contributed by atoms with Crippen LogP contribution in [0, 0.1) is 28.6 Å². The molecule has 0 aromatic carbocycles. The molecule has 208 valence electrons. The molecule has 0 aliphatic heterocycles. The standard InChI is InChI=1S/C28H36O10/c1-16-14-26(5)20(13-24(16)37-35-18(3)30)7-8-21-22(26)9-11-27(6)23(21)10-12-28(27,38-36-19(4)31)25(32)15-33-34-17(2)29/h7,13-14,21-23H,8-12,15H2,1-6H3/t21-,22+,23+,26+,27+,28+/m1/s1. The Morgan fingerprint density at radius 1 is 0.921 bits per heavy atom. The third-order valence-electron chi connectivity index (χ3n) is 9.12. The Hall–Kier alpha value is -2.98. The van der Waals surface area contributed by atoms with Crippen molar-refractivity contribution in [2.24, 2.45) is 28.6 Å². The molecule has 0 unspecified atom stereocenters. The van der Waals surface area contributed by atoms with Crippen molar-refractivity contribution in [3.63, 3.8) is 0 Å². The largest absolute Gasteiger partial charge is 0.352 e. The SMILES string of the molecule is CC(=O)OOCC(=O)[C@@]1(OOC(C)=O)CC[C@H]2[C@@H]3CC=C4C=C(OOC(C)=O)C(C)=C[C@]4(C)[C@H]3CC[C@@]21C. The highest BCUT2D eigenvalue weighted by Crippen LogP contribution is 2.67. The number of ketones is 1. The average Bonchev–Trinajstić information content (AvgIpc) is 3.14. The summed E-state index contributed by atoms with van der Waals surface area (Å²) in [6, 6.07) is 0. The molecule has 0 heterocycles. The van der Waals surface area contributed by atoms with Crippen LogP contribution in [0.1, 0.15) is 73.6 Å². The van der Waals surface area contributed by atoms with Gasteiger partial charge in [-0.1, -0.05) is 26.0 Å². The van der Waals surface area contributed by atoms with Crippen molar-refractivity contribution in [3.05, 3.63) is 35.1 Å². The van der Waals surface area contributed by atoms with E-state index in [1.54, 1.807) is 0 Å². The van der Waals surface area contributed by atoms with Crippen LogP contribution in [-0.4, -0.2) is 35.9 Å². The third kappa shape index (κ3) is 4.68. The molecule has 0 N–H and O–H groups in total. The van der Waals surface area contributed by atoms with Gasteiger partial charge in [0.15, 0.2) is 23.8 Å². The number of rotatable bonds is 8. The van der Waals surface area contributed by atoms with E-state index in [1.165, 1.54) is 20.8 Å². The van der Waals surface area contributed by atoms with Gasteiger partial charge in [-0.3, -0.25) is 24.3 Å². The van der Waals surface area contributed by atoms with E-state index in [9.17, 15) is 19.2 Å². The van der Waals surface area contributed by atoms with Crippen molar-refractivity contribution in [3.8, 4) is 0 Å². The molecule has 4 aliphatic rings. The molecule has 4 aliphatic carbocycles. The predicted octanol–water partition coefficient (Wildman–Crippen LogP) is 4.40. The van der Waals surface area contributed by atoms with Crippen LogP contribution in [0.2, 0.25) is 0 Å². The van der Waals surface area contributed by atoms with E-state index in [0.717, 1.165) is 24.0 Å². The number of carbonyl (C=O) groups excluding carboxylic acids is 4. The van der Waals surface area contributed by atoms with E-state index < -0.39 is 41.3 Å². The fourth-order valence-electron chi connectivity index (χ4n) is 7.48. The fraction of sp³-hybridized carbons (Fsp3) is 0.643. The summed E-state index contributed by atoms with van der Waals surface area (Å²) in [6.07, 6.45) is 9.66. The van der Waals surface area contributed by atoms with Gasteiger partial charge in [0.2, 0.25) is 0 Å². The van der Waals surface area contributed by atoms with Gasteiger partial charge in [-0.15, -0.1) is 0 Å². The van der Waals surface area contributed by atoms with Crippen molar-refractivity contribution < 1.29 is 48.5 Å². The Morgan fingerprint density at radius 3 is 2.24 bits per heavy atom. The Kier molecular flexibility index (Phi) is 7.60. The zero-order valence-corrected chi connectivity index (χ0v) is 22.8. The molecule has 0 saturated heterocycles. The molecule has 4 rings (SSSR count). The molecule has 10 heteroatoms. The van der Waals surface area contributed by atoms with Gasteiger partial charge in [0.25, 0.3) is 0 Å².